The Morgan fingerprint density at radius 3 is 2.45 bits per heavy atom. The van der Waals surface area contributed by atoms with Gasteiger partial charge in [-0.15, -0.1) is 11.3 Å². The first-order valence-electron chi connectivity index (χ1n) is 9.56. The largest absolute Gasteiger partial charge is 0.465 e. The second-order valence-corrected chi connectivity index (χ2v) is 7.34. The molecule has 0 unspecified atom stereocenters. The van der Waals surface area contributed by atoms with Gasteiger partial charge in [-0.25, -0.2) is 9.78 Å². The number of hydrogen-bond donors (Lipinski definition) is 0. The summed E-state index contributed by atoms with van der Waals surface area (Å²) in [6.45, 7) is 2.78. The number of hydrogen-bond acceptors (Lipinski definition) is 8. The normalized spacial score (nSPS) is 10.4. The predicted octanol–water partition coefficient (Wildman–Crippen LogP) is 3.27. The number of amides is 1. The Morgan fingerprint density at radius 2 is 1.77 bits per heavy atom. The van der Waals surface area contributed by atoms with Crippen LogP contribution in [0.15, 0.2) is 54.7 Å². The van der Waals surface area contributed by atoms with E-state index in [-0.39, 0.29) is 13.2 Å². The lowest BCUT2D eigenvalue weighted by Crippen LogP contribution is -2.39. The maximum Gasteiger partial charge on any atom is 0.350 e. The standard InChI is InChI=1S/C22H21N3O5S/c1-3-29-19(27)13-25(16-9-5-4-6-10-16)18(26)14-30-22(28)20-15(2)24-21(31-20)17-11-7-8-12-23-17/h4-12H,3,13-14H2,1-2H3. The second kappa shape index (κ2) is 10.4. The minimum Gasteiger partial charge on any atom is -0.465 e. The van der Waals surface area contributed by atoms with E-state index in [1.165, 1.54) is 4.90 Å². The van der Waals surface area contributed by atoms with E-state index < -0.39 is 24.5 Å². The molecule has 1 aromatic carbocycles. The summed E-state index contributed by atoms with van der Waals surface area (Å²) in [5, 5.41) is 0.588. The minimum absolute atomic E-state index is 0.202. The van der Waals surface area contributed by atoms with Crippen LogP contribution in [0.2, 0.25) is 0 Å². The molecule has 31 heavy (non-hydrogen) atoms. The van der Waals surface area contributed by atoms with Crippen molar-refractivity contribution in [3.8, 4) is 10.7 Å². The van der Waals surface area contributed by atoms with Crippen molar-refractivity contribution in [1.29, 1.82) is 0 Å². The van der Waals surface area contributed by atoms with Crippen molar-refractivity contribution in [3.05, 3.63) is 65.3 Å². The average molecular weight is 439 g/mol. The van der Waals surface area contributed by atoms with Gasteiger partial charge in [-0.1, -0.05) is 24.3 Å². The third-order valence-corrected chi connectivity index (χ3v) is 5.31. The fourth-order valence-electron chi connectivity index (χ4n) is 2.72. The number of anilines is 1. The number of thiazole rings is 1. The fraction of sp³-hybridized carbons (Fsp3) is 0.227. The number of ether oxygens (including phenoxy) is 2. The van der Waals surface area contributed by atoms with Gasteiger partial charge in [0, 0.05) is 11.9 Å². The molecule has 3 aromatic rings. The first kappa shape index (κ1) is 22.1. The Hall–Kier alpha value is -3.59. The van der Waals surface area contributed by atoms with E-state index in [2.05, 4.69) is 9.97 Å². The van der Waals surface area contributed by atoms with E-state index in [0.717, 1.165) is 11.3 Å². The Balaban J connectivity index is 1.70. The molecule has 0 fully saturated rings. The number of carbonyl (C=O) groups excluding carboxylic acids is 3. The summed E-state index contributed by atoms with van der Waals surface area (Å²) in [6, 6.07) is 14.1. The molecule has 0 atom stereocenters. The predicted molar refractivity (Wildman–Crippen MR) is 116 cm³/mol. The summed E-state index contributed by atoms with van der Waals surface area (Å²) in [4.78, 5) is 47.4. The molecule has 2 heterocycles. The van der Waals surface area contributed by atoms with Crippen LogP contribution in [0, 0.1) is 6.92 Å². The summed E-state index contributed by atoms with van der Waals surface area (Å²) in [7, 11) is 0. The molecule has 0 saturated carbocycles. The molecule has 160 valence electrons. The average Bonchev–Trinajstić information content (AvgIpc) is 3.19. The van der Waals surface area contributed by atoms with Crippen molar-refractivity contribution < 1.29 is 23.9 Å². The zero-order chi connectivity index (χ0) is 22.2. The first-order valence-corrected chi connectivity index (χ1v) is 10.4. The van der Waals surface area contributed by atoms with Gasteiger partial charge in [0.05, 0.1) is 18.0 Å². The number of carbonyl (C=O) groups is 3. The van der Waals surface area contributed by atoms with E-state index >= 15 is 0 Å². The molecule has 0 radical (unpaired) electrons. The molecule has 0 bridgehead atoms. The molecular formula is C22H21N3O5S. The number of aromatic nitrogens is 2. The van der Waals surface area contributed by atoms with Crippen LogP contribution < -0.4 is 4.90 Å². The lowest BCUT2D eigenvalue weighted by molar-refractivity contribution is -0.142. The van der Waals surface area contributed by atoms with Crippen LogP contribution in [0.25, 0.3) is 10.7 Å². The second-order valence-electron chi connectivity index (χ2n) is 6.35. The van der Waals surface area contributed by atoms with Crippen LogP contribution in [0.4, 0.5) is 5.69 Å². The SMILES string of the molecule is CCOC(=O)CN(C(=O)COC(=O)c1sc(-c2ccccn2)nc1C)c1ccccc1. The van der Waals surface area contributed by atoms with E-state index in [4.69, 9.17) is 9.47 Å². The monoisotopic (exact) mass is 439 g/mol. The quantitative estimate of drug-likeness (QED) is 0.497. The van der Waals surface area contributed by atoms with Crippen LogP contribution in [-0.2, 0) is 19.1 Å². The molecule has 0 aliphatic carbocycles. The highest BCUT2D eigenvalue weighted by atomic mass is 32.1. The van der Waals surface area contributed by atoms with E-state index in [1.54, 1.807) is 62.5 Å². The summed E-state index contributed by atoms with van der Waals surface area (Å²) >= 11 is 1.15. The van der Waals surface area contributed by atoms with Crippen molar-refractivity contribution in [2.24, 2.45) is 0 Å². The molecular weight excluding hydrogens is 418 g/mol. The Bertz CT molecular complexity index is 1050. The van der Waals surface area contributed by atoms with Gasteiger partial charge in [0.1, 0.15) is 16.4 Å². The zero-order valence-corrected chi connectivity index (χ0v) is 17.9. The summed E-state index contributed by atoms with van der Waals surface area (Å²) in [6.07, 6.45) is 1.64. The minimum atomic E-state index is -0.658. The van der Waals surface area contributed by atoms with Gasteiger partial charge in [0.25, 0.3) is 5.91 Å². The molecule has 2 aromatic heterocycles. The van der Waals surface area contributed by atoms with Crippen LogP contribution >= 0.6 is 11.3 Å². The third-order valence-electron chi connectivity index (χ3n) is 4.15. The molecule has 0 aliphatic heterocycles. The highest BCUT2D eigenvalue weighted by Gasteiger charge is 2.23. The molecule has 0 spiro atoms. The summed E-state index contributed by atoms with van der Waals surface area (Å²) in [5.41, 5.74) is 1.65. The highest BCUT2D eigenvalue weighted by Crippen LogP contribution is 2.27. The van der Waals surface area contributed by atoms with Crippen molar-refractivity contribution in [3.63, 3.8) is 0 Å². The number of esters is 2. The lowest BCUT2D eigenvalue weighted by Gasteiger charge is -2.21. The van der Waals surface area contributed by atoms with Gasteiger partial charge in [-0.05, 0) is 38.1 Å². The van der Waals surface area contributed by atoms with E-state index in [9.17, 15) is 14.4 Å². The van der Waals surface area contributed by atoms with Gasteiger partial charge >= 0.3 is 11.9 Å². The van der Waals surface area contributed by atoms with Crippen molar-refractivity contribution in [1.82, 2.24) is 9.97 Å². The van der Waals surface area contributed by atoms with Gasteiger partial charge in [0.15, 0.2) is 6.61 Å². The number of pyridine rings is 1. The van der Waals surface area contributed by atoms with E-state index in [0.29, 0.717) is 27.0 Å². The molecule has 8 nitrogen and oxygen atoms in total. The maximum atomic E-state index is 12.7. The molecule has 1 amide bonds. The third kappa shape index (κ3) is 5.73. The molecule has 3 rings (SSSR count). The lowest BCUT2D eigenvalue weighted by atomic mass is 10.3. The van der Waals surface area contributed by atoms with E-state index in [1.807, 2.05) is 6.07 Å². The Labute approximate surface area is 183 Å². The van der Waals surface area contributed by atoms with Gasteiger partial charge in [-0.3, -0.25) is 19.5 Å². The number of para-hydroxylation sites is 1. The van der Waals surface area contributed by atoms with Crippen molar-refractivity contribution >= 4 is 34.9 Å². The van der Waals surface area contributed by atoms with Crippen LogP contribution in [0.1, 0.15) is 22.3 Å². The smallest absolute Gasteiger partial charge is 0.350 e. The molecule has 0 N–H and O–H groups in total. The van der Waals surface area contributed by atoms with Crippen LogP contribution in [0.5, 0.6) is 0 Å². The van der Waals surface area contributed by atoms with Gasteiger partial charge < -0.3 is 9.47 Å². The zero-order valence-electron chi connectivity index (χ0n) is 17.1. The topological polar surface area (TPSA) is 98.7 Å². The van der Waals surface area contributed by atoms with Crippen molar-refractivity contribution in [2.75, 3.05) is 24.7 Å². The van der Waals surface area contributed by atoms with Crippen molar-refractivity contribution in [2.45, 2.75) is 13.8 Å². The summed E-state index contributed by atoms with van der Waals surface area (Å²) in [5.74, 6) is -1.75. The summed E-state index contributed by atoms with van der Waals surface area (Å²) < 4.78 is 10.2. The maximum absolute atomic E-state index is 12.7. The van der Waals surface area contributed by atoms with Gasteiger partial charge in [0.2, 0.25) is 0 Å². The number of nitrogens with zero attached hydrogens (tertiary/aromatic N) is 3. The molecule has 0 aliphatic rings. The van der Waals surface area contributed by atoms with Crippen LogP contribution in [-0.4, -0.2) is 47.6 Å². The highest BCUT2D eigenvalue weighted by molar-refractivity contribution is 7.17. The van der Waals surface area contributed by atoms with Crippen LogP contribution in [0.3, 0.4) is 0 Å². The number of aryl methyl sites for hydroxylation is 1. The number of benzene rings is 1. The van der Waals surface area contributed by atoms with Gasteiger partial charge in [-0.2, -0.15) is 0 Å². The first-order chi connectivity index (χ1) is 15.0. The number of rotatable bonds is 8. The Kier molecular flexibility index (Phi) is 7.45. The molecule has 9 heteroatoms. The Morgan fingerprint density at radius 1 is 1.03 bits per heavy atom. The molecule has 0 saturated heterocycles. The fourth-order valence-corrected chi connectivity index (χ4v) is 3.66.